The average Bonchev–Trinajstić information content (AvgIpc) is 3.15. The molecule has 3 rings (SSSR count). The van der Waals surface area contributed by atoms with Crippen molar-refractivity contribution in [1.82, 2.24) is 20.0 Å². The first-order valence-corrected chi connectivity index (χ1v) is 7.01. The first kappa shape index (κ1) is 13.2. The van der Waals surface area contributed by atoms with E-state index in [4.69, 9.17) is 11.6 Å². The van der Waals surface area contributed by atoms with Gasteiger partial charge in [0.05, 0.1) is 17.4 Å². The second-order valence-corrected chi connectivity index (χ2v) is 5.58. The van der Waals surface area contributed by atoms with Gasteiger partial charge in [0.1, 0.15) is 5.69 Å². The second kappa shape index (κ2) is 5.28. The molecule has 1 aliphatic rings. The van der Waals surface area contributed by atoms with E-state index in [9.17, 15) is 4.79 Å². The number of hydrogen-bond donors (Lipinski definition) is 2. The lowest BCUT2D eigenvalue weighted by Crippen LogP contribution is -2.26. The first-order valence-electron chi connectivity index (χ1n) is 6.63. The number of rotatable bonds is 5. The van der Waals surface area contributed by atoms with Gasteiger partial charge in [-0.2, -0.15) is 10.2 Å². The van der Waals surface area contributed by atoms with Gasteiger partial charge in [-0.05, 0) is 25.7 Å². The molecule has 0 bridgehead atoms. The molecule has 2 N–H and O–H groups in total. The van der Waals surface area contributed by atoms with Crippen LogP contribution in [0.2, 0.25) is 5.02 Å². The summed E-state index contributed by atoms with van der Waals surface area (Å²) >= 11 is 6.07. The smallest absolute Gasteiger partial charge is 0.291 e. The van der Waals surface area contributed by atoms with E-state index in [1.807, 2.05) is 6.92 Å². The van der Waals surface area contributed by atoms with Gasteiger partial charge >= 0.3 is 0 Å². The topological polar surface area (TPSA) is 75.6 Å². The number of H-pyrrole nitrogens is 1. The number of halogens is 1. The standard InChI is InChI=1S/C13H16ClN5O/c1-8-10(5-16-18-8)4-15-12-11(14)6-17-19(13(12)20)7-9-2-3-9/h5-6,9,15H,2-4,7H2,1H3,(H,16,18). The van der Waals surface area contributed by atoms with Gasteiger partial charge in [-0.3, -0.25) is 9.89 Å². The van der Waals surface area contributed by atoms with Gasteiger partial charge in [-0.25, -0.2) is 4.68 Å². The second-order valence-electron chi connectivity index (χ2n) is 5.17. The van der Waals surface area contributed by atoms with E-state index in [-0.39, 0.29) is 5.56 Å². The van der Waals surface area contributed by atoms with Gasteiger partial charge in [0, 0.05) is 24.3 Å². The molecule has 0 amide bonds. The maximum Gasteiger partial charge on any atom is 0.291 e. The molecule has 2 aromatic heterocycles. The fourth-order valence-corrected chi connectivity index (χ4v) is 2.23. The lowest BCUT2D eigenvalue weighted by Gasteiger charge is -2.10. The summed E-state index contributed by atoms with van der Waals surface area (Å²) in [5.74, 6) is 0.588. The summed E-state index contributed by atoms with van der Waals surface area (Å²) in [6.07, 6.45) is 5.61. The highest BCUT2D eigenvalue weighted by Crippen LogP contribution is 2.30. The molecule has 1 saturated carbocycles. The fourth-order valence-electron chi connectivity index (χ4n) is 2.04. The van der Waals surface area contributed by atoms with Gasteiger partial charge in [0.2, 0.25) is 0 Å². The molecule has 20 heavy (non-hydrogen) atoms. The molecule has 0 aliphatic heterocycles. The minimum Gasteiger partial charge on any atom is -0.375 e. The fraction of sp³-hybridized carbons (Fsp3) is 0.462. The molecule has 1 aliphatic carbocycles. The molecule has 2 heterocycles. The van der Waals surface area contributed by atoms with Crippen LogP contribution in [0.25, 0.3) is 0 Å². The average molecular weight is 294 g/mol. The molecule has 0 aromatic carbocycles. The van der Waals surface area contributed by atoms with Crippen molar-refractivity contribution in [2.24, 2.45) is 5.92 Å². The van der Waals surface area contributed by atoms with Crippen LogP contribution >= 0.6 is 11.6 Å². The van der Waals surface area contributed by atoms with E-state index in [0.717, 1.165) is 11.3 Å². The Hall–Kier alpha value is -1.82. The third-order valence-corrected chi connectivity index (χ3v) is 3.80. The van der Waals surface area contributed by atoms with Crippen molar-refractivity contribution >= 4 is 17.3 Å². The van der Waals surface area contributed by atoms with Crippen molar-refractivity contribution in [3.05, 3.63) is 39.0 Å². The first-order chi connectivity index (χ1) is 9.65. The molecule has 6 nitrogen and oxygen atoms in total. The highest BCUT2D eigenvalue weighted by Gasteiger charge is 2.23. The minimum absolute atomic E-state index is 0.162. The Morgan fingerprint density at radius 3 is 2.95 bits per heavy atom. The van der Waals surface area contributed by atoms with Gasteiger partial charge in [-0.1, -0.05) is 11.6 Å². The monoisotopic (exact) mass is 293 g/mol. The zero-order chi connectivity index (χ0) is 14.1. The minimum atomic E-state index is -0.162. The Labute approximate surface area is 121 Å². The predicted octanol–water partition coefficient (Wildman–Crippen LogP) is 1.95. The van der Waals surface area contributed by atoms with Crippen LogP contribution in [0, 0.1) is 12.8 Å². The molecule has 2 aromatic rings. The summed E-state index contributed by atoms with van der Waals surface area (Å²) in [5, 5.41) is 14.3. The van der Waals surface area contributed by atoms with Crippen LogP contribution in [0.5, 0.6) is 0 Å². The molecule has 0 radical (unpaired) electrons. The number of nitrogens with zero attached hydrogens (tertiary/aromatic N) is 3. The summed E-state index contributed by atoms with van der Waals surface area (Å²) in [5.41, 5.74) is 2.22. The van der Waals surface area contributed by atoms with Crippen molar-refractivity contribution in [3.63, 3.8) is 0 Å². The molecule has 0 unspecified atom stereocenters. The summed E-state index contributed by atoms with van der Waals surface area (Å²) < 4.78 is 1.49. The zero-order valence-corrected chi connectivity index (χ0v) is 11.9. The number of aromatic amines is 1. The van der Waals surface area contributed by atoms with E-state index in [1.54, 1.807) is 6.20 Å². The molecule has 1 fully saturated rings. The number of hydrogen-bond acceptors (Lipinski definition) is 4. The van der Waals surface area contributed by atoms with Crippen LogP contribution in [0.3, 0.4) is 0 Å². The molecule has 0 saturated heterocycles. The van der Waals surface area contributed by atoms with E-state index < -0.39 is 0 Å². The van der Waals surface area contributed by atoms with E-state index in [2.05, 4.69) is 20.6 Å². The highest BCUT2D eigenvalue weighted by molar-refractivity contribution is 6.32. The third-order valence-electron chi connectivity index (χ3n) is 3.52. The van der Waals surface area contributed by atoms with Gasteiger partial charge in [0.25, 0.3) is 5.56 Å². The number of aromatic nitrogens is 4. The number of nitrogens with one attached hydrogen (secondary N) is 2. The summed E-state index contributed by atoms with van der Waals surface area (Å²) in [7, 11) is 0. The summed E-state index contributed by atoms with van der Waals surface area (Å²) in [4.78, 5) is 12.3. The van der Waals surface area contributed by atoms with E-state index in [0.29, 0.717) is 29.7 Å². The largest absolute Gasteiger partial charge is 0.375 e. The number of anilines is 1. The Kier molecular flexibility index (Phi) is 3.48. The Bertz CT molecular complexity index is 674. The van der Waals surface area contributed by atoms with E-state index >= 15 is 0 Å². The normalized spacial score (nSPS) is 14.5. The van der Waals surface area contributed by atoms with Crippen molar-refractivity contribution < 1.29 is 0 Å². The quantitative estimate of drug-likeness (QED) is 0.883. The molecule has 0 atom stereocenters. The zero-order valence-electron chi connectivity index (χ0n) is 11.2. The van der Waals surface area contributed by atoms with Gasteiger partial charge < -0.3 is 5.32 Å². The molecular formula is C13H16ClN5O. The lowest BCUT2D eigenvalue weighted by atomic mass is 10.2. The third kappa shape index (κ3) is 2.70. The maximum atomic E-state index is 12.3. The van der Waals surface area contributed by atoms with Crippen LogP contribution < -0.4 is 10.9 Å². The van der Waals surface area contributed by atoms with Crippen molar-refractivity contribution in [1.29, 1.82) is 0 Å². The van der Waals surface area contributed by atoms with Crippen LogP contribution in [-0.2, 0) is 13.1 Å². The van der Waals surface area contributed by atoms with Crippen LogP contribution in [0.15, 0.2) is 17.2 Å². The highest BCUT2D eigenvalue weighted by atomic mass is 35.5. The molecule has 106 valence electrons. The van der Waals surface area contributed by atoms with Gasteiger partial charge in [-0.15, -0.1) is 0 Å². The summed E-state index contributed by atoms with van der Waals surface area (Å²) in [6.45, 7) is 3.11. The van der Waals surface area contributed by atoms with E-state index in [1.165, 1.54) is 23.7 Å². The lowest BCUT2D eigenvalue weighted by molar-refractivity contribution is 0.534. The van der Waals surface area contributed by atoms with Crippen LogP contribution in [0.1, 0.15) is 24.1 Å². The predicted molar refractivity (Wildman–Crippen MR) is 76.9 cm³/mol. The number of aryl methyl sites for hydroxylation is 1. The molecule has 7 heteroatoms. The Balaban J connectivity index is 1.80. The maximum absolute atomic E-state index is 12.3. The van der Waals surface area contributed by atoms with Gasteiger partial charge in [0.15, 0.2) is 0 Å². The SMILES string of the molecule is Cc1[nH]ncc1CNc1c(Cl)cnn(CC2CC2)c1=O. The summed E-state index contributed by atoms with van der Waals surface area (Å²) in [6, 6.07) is 0. The van der Waals surface area contributed by atoms with Crippen LogP contribution in [0.4, 0.5) is 5.69 Å². The Morgan fingerprint density at radius 2 is 2.30 bits per heavy atom. The Morgan fingerprint density at radius 1 is 1.50 bits per heavy atom. The van der Waals surface area contributed by atoms with Crippen LogP contribution in [-0.4, -0.2) is 20.0 Å². The van der Waals surface area contributed by atoms with Crippen molar-refractivity contribution in [3.8, 4) is 0 Å². The molecular weight excluding hydrogens is 278 g/mol. The van der Waals surface area contributed by atoms with Crippen molar-refractivity contribution in [2.75, 3.05) is 5.32 Å². The molecule has 0 spiro atoms. The van der Waals surface area contributed by atoms with Crippen molar-refractivity contribution in [2.45, 2.75) is 32.9 Å².